The number of amidine groups is 1. The number of rotatable bonds is 2. The molecule has 6 heteroatoms. The number of hydrogen-bond acceptors (Lipinski definition) is 2. The minimum absolute atomic E-state index is 0.277. The van der Waals surface area contributed by atoms with Crippen LogP contribution in [-0.4, -0.2) is 12.1 Å². The van der Waals surface area contributed by atoms with E-state index in [-0.39, 0.29) is 5.56 Å². The molecule has 15 heavy (non-hydrogen) atoms. The Hall–Kier alpha value is -1.17. The van der Waals surface area contributed by atoms with E-state index in [4.69, 9.17) is 11.1 Å². The van der Waals surface area contributed by atoms with Crippen LogP contribution in [0, 0.1) is 5.41 Å². The molecule has 0 bridgehead atoms. The second-order valence-electron chi connectivity index (χ2n) is 2.82. The highest BCUT2D eigenvalue weighted by molar-refractivity contribution is 7.98. The molecule has 0 spiro atoms. The van der Waals surface area contributed by atoms with E-state index in [1.165, 1.54) is 23.9 Å². The minimum atomic E-state index is -4.48. The van der Waals surface area contributed by atoms with Gasteiger partial charge in [-0.25, -0.2) is 0 Å². The van der Waals surface area contributed by atoms with E-state index in [1.54, 1.807) is 6.26 Å². The van der Waals surface area contributed by atoms with E-state index < -0.39 is 17.6 Å². The predicted octanol–water partition coefficient (Wildman–Crippen LogP) is 2.71. The zero-order chi connectivity index (χ0) is 11.6. The Labute approximate surface area is 89.2 Å². The van der Waals surface area contributed by atoms with Crippen molar-refractivity contribution < 1.29 is 13.2 Å². The molecular formula is C9H9F3N2S. The average Bonchev–Trinajstić information content (AvgIpc) is 2.15. The average molecular weight is 234 g/mol. The molecule has 0 heterocycles. The Kier molecular flexibility index (Phi) is 3.28. The van der Waals surface area contributed by atoms with E-state index in [2.05, 4.69) is 0 Å². The quantitative estimate of drug-likeness (QED) is 0.469. The van der Waals surface area contributed by atoms with E-state index in [0.717, 1.165) is 6.07 Å². The maximum atomic E-state index is 12.6. The van der Waals surface area contributed by atoms with Gasteiger partial charge in [0.05, 0.1) is 5.56 Å². The molecule has 0 aromatic heterocycles. The Morgan fingerprint density at radius 3 is 2.40 bits per heavy atom. The maximum absolute atomic E-state index is 12.6. The monoisotopic (exact) mass is 234 g/mol. The summed E-state index contributed by atoms with van der Waals surface area (Å²) in [5.74, 6) is -0.574. The number of nitrogen functional groups attached to an aromatic ring is 1. The number of halogens is 3. The smallest absolute Gasteiger partial charge is 0.384 e. The molecule has 0 fully saturated rings. The van der Waals surface area contributed by atoms with Crippen LogP contribution in [-0.2, 0) is 6.18 Å². The van der Waals surface area contributed by atoms with Crippen molar-refractivity contribution in [2.45, 2.75) is 11.1 Å². The molecule has 0 saturated heterocycles. The Bertz CT molecular complexity index is 387. The Balaban J connectivity index is 3.36. The molecule has 1 aromatic rings. The number of benzene rings is 1. The molecule has 1 aromatic carbocycles. The summed E-state index contributed by atoms with van der Waals surface area (Å²) >= 11 is 1.21. The maximum Gasteiger partial charge on any atom is 0.417 e. The van der Waals surface area contributed by atoms with Crippen LogP contribution in [0.25, 0.3) is 0 Å². The number of nitrogens with two attached hydrogens (primary N) is 1. The summed E-state index contributed by atoms with van der Waals surface area (Å²) in [6.07, 6.45) is -2.80. The summed E-state index contributed by atoms with van der Waals surface area (Å²) in [4.78, 5) is 0.493. The van der Waals surface area contributed by atoms with Crippen molar-refractivity contribution in [1.29, 1.82) is 5.41 Å². The second kappa shape index (κ2) is 4.14. The standard InChI is InChI=1S/C9H9F3N2S/c1-15-5-2-3-6(8(13)14)7(4-5)9(10,11)12/h2-4H,1H3,(H3,13,14). The molecule has 0 aliphatic carbocycles. The third-order valence-electron chi connectivity index (χ3n) is 1.82. The van der Waals surface area contributed by atoms with Gasteiger partial charge in [-0.05, 0) is 24.5 Å². The Morgan fingerprint density at radius 1 is 1.40 bits per heavy atom. The van der Waals surface area contributed by atoms with Crippen molar-refractivity contribution >= 4 is 17.6 Å². The zero-order valence-corrected chi connectivity index (χ0v) is 8.67. The molecule has 82 valence electrons. The molecule has 2 nitrogen and oxygen atoms in total. The van der Waals surface area contributed by atoms with E-state index in [9.17, 15) is 13.2 Å². The zero-order valence-electron chi connectivity index (χ0n) is 7.85. The topological polar surface area (TPSA) is 49.9 Å². The van der Waals surface area contributed by atoms with E-state index in [1.807, 2.05) is 0 Å². The van der Waals surface area contributed by atoms with Crippen LogP contribution < -0.4 is 5.73 Å². The Morgan fingerprint density at radius 2 is 2.00 bits per heavy atom. The fourth-order valence-corrected chi connectivity index (χ4v) is 1.56. The van der Waals surface area contributed by atoms with E-state index >= 15 is 0 Å². The van der Waals surface area contributed by atoms with Gasteiger partial charge in [-0.15, -0.1) is 11.8 Å². The fourth-order valence-electron chi connectivity index (χ4n) is 1.12. The minimum Gasteiger partial charge on any atom is -0.384 e. The lowest BCUT2D eigenvalue weighted by Gasteiger charge is -2.12. The molecule has 0 unspecified atom stereocenters. The number of thioether (sulfide) groups is 1. The van der Waals surface area contributed by atoms with Gasteiger partial charge in [-0.1, -0.05) is 0 Å². The highest BCUT2D eigenvalue weighted by Crippen LogP contribution is 2.34. The normalized spacial score (nSPS) is 11.5. The lowest BCUT2D eigenvalue weighted by molar-refractivity contribution is -0.137. The summed E-state index contributed by atoms with van der Waals surface area (Å²) in [6, 6.07) is 3.73. The highest BCUT2D eigenvalue weighted by Gasteiger charge is 2.34. The summed E-state index contributed by atoms with van der Waals surface area (Å²) in [7, 11) is 0. The third-order valence-corrected chi connectivity index (χ3v) is 2.55. The van der Waals surface area contributed by atoms with Crippen LogP contribution in [0.4, 0.5) is 13.2 Å². The lowest BCUT2D eigenvalue weighted by Crippen LogP contribution is -2.18. The summed E-state index contributed by atoms with van der Waals surface area (Å²) in [6.45, 7) is 0. The largest absolute Gasteiger partial charge is 0.417 e. The van der Waals surface area contributed by atoms with Gasteiger partial charge in [0, 0.05) is 10.5 Å². The molecule has 0 aliphatic rings. The van der Waals surface area contributed by atoms with Crippen molar-refractivity contribution in [2.24, 2.45) is 5.73 Å². The van der Waals surface area contributed by atoms with Crippen LogP contribution in [0.1, 0.15) is 11.1 Å². The van der Waals surface area contributed by atoms with Crippen LogP contribution in [0.5, 0.6) is 0 Å². The van der Waals surface area contributed by atoms with Crippen LogP contribution in [0.15, 0.2) is 23.1 Å². The van der Waals surface area contributed by atoms with Crippen molar-refractivity contribution in [3.63, 3.8) is 0 Å². The molecule has 0 aliphatic heterocycles. The van der Waals surface area contributed by atoms with Gasteiger partial charge in [-0.2, -0.15) is 13.2 Å². The van der Waals surface area contributed by atoms with Gasteiger partial charge in [0.15, 0.2) is 0 Å². The highest BCUT2D eigenvalue weighted by atomic mass is 32.2. The first kappa shape index (κ1) is 11.9. The van der Waals surface area contributed by atoms with E-state index in [0.29, 0.717) is 4.90 Å². The predicted molar refractivity (Wildman–Crippen MR) is 54.2 cm³/mol. The van der Waals surface area contributed by atoms with Gasteiger partial charge in [0.25, 0.3) is 0 Å². The van der Waals surface area contributed by atoms with Crippen molar-refractivity contribution in [3.8, 4) is 0 Å². The molecule has 1 rings (SSSR count). The lowest BCUT2D eigenvalue weighted by atomic mass is 10.1. The van der Waals surface area contributed by atoms with Gasteiger partial charge < -0.3 is 5.73 Å². The van der Waals surface area contributed by atoms with Crippen molar-refractivity contribution in [3.05, 3.63) is 29.3 Å². The number of hydrogen-bond donors (Lipinski definition) is 2. The van der Waals surface area contributed by atoms with Crippen LogP contribution >= 0.6 is 11.8 Å². The third kappa shape index (κ3) is 2.65. The summed E-state index contributed by atoms with van der Waals surface area (Å²) in [5.41, 5.74) is 3.94. The molecule has 0 radical (unpaired) electrons. The molecule has 3 N–H and O–H groups in total. The number of nitrogens with one attached hydrogen (secondary N) is 1. The summed E-state index contributed by atoms with van der Waals surface area (Å²) in [5, 5.41) is 7.05. The molecular weight excluding hydrogens is 225 g/mol. The summed E-state index contributed by atoms with van der Waals surface area (Å²) < 4.78 is 37.7. The van der Waals surface area contributed by atoms with Crippen molar-refractivity contribution in [2.75, 3.05) is 6.26 Å². The van der Waals surface area contributed by atoms with Gasteiger partial charge >= 0.3 is 6.18 Å². The number of alkyl halides is 3. The second-order valence-corrected chi connectivity index (χ2v) is 3.70. The van der Waals surface area contributed by atoms with Crippen molar-refractivity contribution in [1.82, 2.24) is 0 Å². The SMILES string of the molecule is CSc1ccc(C(=N)N)c(C(F)(F)F)c1. The first-order valence-corrected chi connectivity index (χ1v) is 5.18. The van der Waals surface area contributed by atoms with Crippen LogP contribution in [0.3, 0.4) is 0 Å². The van der Waals surface area contributed by atoms with Gasteiger partial charge in [0.1, 0.15) is 5.84 Å². The molecule has 0 amide bonds. The first-order valence-electron chi connectivity index (χ1n) is 3.96. The van der Waals surface area contributed by atoms with Gasteiger partial charge in [0.2, 0.25) is 0 Å². The molecule has 0 atom stereocenters. The van der Waals surface area contributed by atoms with Gasteiger partial charge in [-0.3, -0.25) is 5.41 Å². The molecule has 0 saturated carbocycles. The fraction of sp³-hybridized carbons (Fsp3) is 0.222. The first-order chi connectivity index (χ1) is 6.86. The van der Waals surface area contributed by atoms with Crippen LogP contribution in [0.2, 0.25) is 0 Å².